The first kappa shape index (κ1) is 12.0. The molecule has 0 unspecified atom stereocenters. The maximum Gasteiger partial charge on any atom is 0.361 e. The molecule has 0 aromatic heterocycles. The van der Waals surface area contributed by atoms with Gasteiger partial charge in [0.1, 0.15) is 0 Å². The first-order valence-corrected chi connectivity index (χ1v) is 5.82. The lowest BCUT2D eigenvalue weighted by Gasteiger charge is -2.26. The van der Waals surface area contributed by atoms with Crippen LogP contribution in [0.2, 0.25) is 0 Å². The molecule has 72 valence electrons. The maximum absolute atomic E-state index is 10.5. The van der Waals surface area contributed by atoms with Gasteiger partial charge in [-0.25, -0.2) is 0 Å². The molecule has 12 heavy (non-hydrogen) atoms. The van der Waals surface area contributed by atoms with E-state index in [2.05, 4.69) is 6.58 Å². The van der Waals surface area contributed by atoms with Crippen LogP contribution in [0.1, 0.15) is 0 Å². The third-order valence-corrected chi connectivity index (χ3v) is 5.03. The van der Waals surface area contributed by atoms with Gasteiger partial charge in [0.15, 0.2) is 0 Å². The van der Waals surface area contributed by atoms with Gasteiger partial charge in [-0.1, -0.05) is 6.58 Å². The molecule has 0 amide bonds. The summed E-state index contributed by atoms with van der Waals surface area (Å²) in [6.07, 6.45) is 0.356. The summed E-state index contributed by atoms with van der Waals surface area (Å²) in [4.78, 5) is 34.0. The number of hydrogen-bond acceptors (Lipinski definition) is 3. The Morgan fingerprint density at radius 3 is 1.42 bits per heavy atom. The van der Waals surface area contributed by atoms with E-state index in [1.165, 1.54) is 0 Å². The predicted octanol–water partition coefficient (Wildman–Crippen LogP) is -0.860. The highest BCUT2D eigenvalue weighted by molar-refractivity contribution is 7.72. The van der Waals surface area contributed by atoms with Gasteiger partial charge in [-0.3, -0.25) is 9.13 Å². The highest BCUT2D eigenvalue weighted by Gasteiger charge is 2.55. The third-order valence-electron chi connectivity index (χ3n) is 1.23. The van der Waals surface area contributed by atoms with Crippen LogP contribution in [0.4, 0.5) is 0 Å². The van der Waals surface area contributed by atoms with Gasteiger partial charge in [0.2, 0.25) is 5.02 Å². The van der Waals surface area contributed by atoms with E-state index in [0.717, 1.165) is 0 Å². The second kappa shape index (κ2) is 3.05. The van der Waals surface area contributed by atoms with Crippen molar-refractivity contribution in [3.05, 3.63) is 12.7 Å². The molecule has 9 heteroatoms. The smallest absolute Gasteiger partial charge is 0.322 e. The molecule has 0 radical (unpaired) electrons. The molecule has 0 heterocycles. The van der Waals surface area contributed by atoms with E-state index in [1.807, 2.05) is 0 Å². The van der Waals surface area contributed by atoms with Crippen molar-refractivity contribution in [3.8, 4) is 0 Å². The Balaban J connectivity index is 5.40. The Bertz CT molecular complexity index is 253. The molecule has 0 fully saturated rings. The molecule has 0 saturated carbocycles. The van der Waals surface area contributed by atoms with Crippen molar-refractivity contribution >= 4 is 15.2 Å². The van der Waals surface area contributed by atoms with Gasteiger partial charge >= 0.3 is 15.2 Å². The van der Waals surface area contributed by atoms with Crippen molar-refractivity contribution in [3.63, 3.8) is 0 Å². The van der Waals surface area contributed by atoms with Crippen LogP contribution in [-0.4, -0.2) is 24.6 Å². The van der Waals surface area contributed by atoms with Crippen molar-refractivity contribution in [1.29, 1.82) is 0 Å². The van der Waals surface area contributed by atoms with Gasteiger partial charge in [-0.05, 0) is 6.08 Å². The molecule has 0 spiro atoms. The van der Waals surface area contributed by atoms with Crippen LogP contribution in [0.15, 0.2) is 12.7 Å². The fourth-order valence-corrected chi connectivity index (χ4v) is 2.24. The summed E-state index contributed by atoms with van der Waals surface area (Å²) in [6.45, 7) is 2.86. The van der Waals surface area contributed by atoms with E-state index in [0.29, 0.717) is 6.08 Å². The van der Waals surface area contributed by atoms with Crippen LogP contribution >= 0.6 is 15.2 Å². The minimum atomic E-state index is -5.11. The second-order valence-electron chi connectivity index (χ2n) is 2.08. The number of rotatable bonds is 3. The Kier molecular flexibility index (Phi) is 3.05. The fourth-order valence-electron chi connectivity index (χ4n) is 0.408. The van der Waals surface area contributed by atoms with Crippen LogP contribution < -0.4 is 5.73 Å². The molecule has 0 aliphatic heterocycles. The van der Waals surface area contributed by atoms with Crippen LogP contribution in [-0.2, 0) is 9.13 Å². The van der Waals surface area contributed by atoms with Gasteiger partial charge in [0, 0.05) is 0 Å². The highest BCUT2D eigenvalue weighted by Crippen LogP contribution is 2.66. The van der Waals surface area contributed by atoms with Gasteiger partial charge in [-0.2, -0.15) is 0 Å². The second-order valence-corrected chi connectivity index (χ2v) is 6.08. The van der Waals surface area contributed by atoms with Gasteiger partial charge in [0.05, 0.1) is 0 Å². The third kappa shape index (κ3) is 1.84. The van der Waals surface area contributed by atoms with Gasteiger partial charge in [-0.15, -0.1) is 0 Å². The molecule has 0 aromatic carbocycles. The lowest BCUT2D eigenvalue weighted by molar-refractivity contribution is 0.323. The average molecular weight is 217 g/mol. The highest BCUT2D eigenvalue weighted by atomic mass is 31.2. The van der Waals surface area contributed by atoms with E-state index in [9.17, 15) is 9.13 Å². The Morgan fingerprint density at radius 1 is 1.17 bits per heavy atom. The minimum absolute atomic E-state index is 0.356. The molecule has 0 atom stereocenters. The zero-order valence-electron chi connectivity index (χ0n) is 5.86. The van der Waals surface area contributed by atoms with Crippen LogP contribution in [0.3, 0.4) is 0 Å². The van der Waals surface area contributed by atoms with Gasteiger partial charge < -0.3 is 25.3 Å². The average Bonchev–Trinajstić information content (AvgIpc) is 1.81. The molecule has 0 aliphatic rings. The van der Waals surface area contributed by atoms with Crippen LogP contribution in [0, 0.1) is 0 Å². The van der Waals surface area contributed by atoms with Crippen LogP contribution in [0.25, 0.3) is 0 Å². The lowest BCUT2D eigenvalue weighted by Crippen LogP contribution is -2.36. The quantitative estimate of drug-likeness (QED) is 0.306. The normalized spacial score (nSPS) is 14.4. The molecular formula is C3H9NO6P2. The molecule has 0 aliphatic carbocycles. The summed E-state index contributed by atoms with van der Waals surface area (Å²) in [5.41, 5.74) is 4.81. The summed E-state index contributed by atoms with van der Waals surface area (Å²) in [7, 11) is -10.2. The first-order chi connectivity index (χ1) is 5.06. The Hall–Kier alpha value is -0.0000000000000000416. The first-order valence-electron chi connectivity index (χ1n) is 2.60. The summed E-state index contributed by atoms with van der Waals surface area (Å²) in [5.74, 6) is 0. The van der Waals surface area contributed by atoms with Crippen molar-refractivity contribution in [2.75, 3.05) is 0 Å². The predicted molar refractivity (Wildman–Crippen MR) is 41.2 cm³/mol. The SMILES string of the molecule is C=CC(N)(P(=O)(O)O)P(=O)(O)O. The zero-order valence-corrected chi connectivity index (χ0v) is 7.65. The lowest BCUT2D eigenvalue weighted by atomic mass is 10.6. The minimum Gasteiger partial charge on any atom is -0.322 e. The van der Waals surface area contributed by atoms with Gasteiger partial charge in [0.25, 0.3) is 0 Å². The van der Waals surface area contributed by atoms with E-state index in [1.54, 1.807) is 0 Å². The van der Waals surface area contributed by atoms with E-state index < -0.39 is 20.2 Å². The molecule has 6 N–H and O–H groups in total. The summed E-state index contributed by atoms with van der Waals surface area (Å²) in [5, 5.41) is -2.99. The fraction of sp³-hybridized carbons (Fsp3) is 0.333. The standard InChI is InChI=1S/C3H9NO6P2/c1-2-3(4,11(5,6)7)12(8,9)10/h2H,1,4H2,(H2,5,6,7)(H2,8,9,10). The number of nitrogens with two attached hydrogens (primary N) is 1. The van der Waals surface area contributed by atoms with Crippen molar-refractivity contribution in [1.82, 2.24) is 0 Å². The largest absolute Gasteiger partial charge is 0.361 e. The molecule has 7 nitrogen and oxygen atoms in total. The summed E-state index contributed by atoms with van der Waals surface area (Å²) < 4.78 is 21.1. The topological polar surface area (TPSA) is 141 Å². The molecule has 0 aromatic rings. The number of hydrogen-bond donors (Lipinski definition) is 5. The monoisotopic (exact) mass is 217 g/mol. The van der Waals surface area contributed by atoms with Crippen molar-refractivity contribution < 1.29 is 28.7 Å². The summed E-state index contributed by atoms with van der Waals surface area (Å²) in [6, 6.07) is 0. The maximum atomic E-state index is 10.5. The molecule has 0 rings (SSSR count). The Morgan fingerprint density at radius 2 is 1.42 bits per heavy atom. The van der Waals surface area contributed by atoms with E-state index in [4.69, 9.17) is 25.3 Å². The molecular weight excluding hydrogens is 208 g/mol. The Labute approximate surface area is 68.2 Å². The van der Waals surface area contributed by atoms with E-state index >= 15 is 0 Å². The van der Waals surface area contributed by atoms with Crippen molar-refractivity contribution in [2.24, 2.45) is 5.73 Å². The summed E-state index contributed by atoms with van der Waals surface area (Å²) >= 11 is 0. The molecule has 0 bridgehead atoms. The zero-order chi connectivity index (χ0) is 10.2. The van der Waals surface area contributed by atoms with Crippen LogP contribution in [0.5, 0.6) is 0 Å². The molecule has 0 saturated heterocycles. The van der Waals surface area contributed by atoms with E-state index in [-0.39, 0.29) is 0 Å². The van der Waals surface area contributed by atoms with Crippen molar-refractivity contribution in [2.45, 2.75) is 5.02 Å².